The molecule has 0 aliphatic heterocycles. The first-order valence-corrected chi connectivity index (χ1v) is 6.80. The van der Waals surface area contributed by atoms with Gasteiger partial charge in [-0.15, -0.1) is 0 Å². The average molecular weight is 242 g/mol. The van der Waals surface area contributed by atoms with Crippen LogP contribution in [0.2, 0.25) is 0 Å². The molecule has 0 saturated heterocycles. The number of nitrogens with two attached hydrogens (primary N) is 1. The Morgan fingerprint density at radius 1 is 1.47 bits per heavy atom. The van der Waals surface area contributed by atoms with Gasteiger partial charge in [0.15, 0.2) is 0 Å². The summed E-state index contributed by atoms with van der Waals surface area (Å²) in [5.74, 6) is 0.338. The molecule has 1 rings (SSSR count). The quantitative estimate of drug-likeness (QED) is 0.654. The average Bonchev–Trinajstić information content (AvgIpc) is 2.27. The summed E-state index contributed by atoms with van der Waals surface area (Å²) >= 11 is 0. The molecule has 4 N–H and O–H groups in total. The monoisotopic (exact) mass is 242 g/mol. The third kappa shape index (κ3) is 6.03. The molecule has 100 valence electrons. The molecule has 0 aromatic rings. The third-order valence-electron chi connectivity index (χ3n) is 3.49. The summed E-state index contributed by atoms with van der Waals surface area (Å²) < 4.78 is 0. The maximum absolute atomic E-state index is 11.5. The van der Waals surface area contributed by atoms with Crippen molar-refractivity contribution < 1.29 is 9.90 Å². The first-order valence-electron chi connectivity index (χ1n) is 6.80. The van der Waals surface area contributed by atoms with E-state index in [4.69, 9.17) is 5.73 Å². The topological polar surface area (TPSA) is 75.4 Å². The van der Waals surface area contributed by atoms with E-state index in [0.717, 1.165) is 32.1 Å². The zero-order chi connectivity index (χ0) is 12.7. The maximum atomic E-state index is 11.5. The molecule has 0 aromatic carbocycles. The van der Waals surface area contributed by atoms with E-state index >= 15 is 0 Å². The fourth-order valence-electron chi connectivity index (χ4n) is 2.34. The first kappa shape index (κ1) is 14.5. The van der Waals surface area contributed by atoms with Crippen LogP contribution in [0, 0.1) is 5.92 Å². The number of aliphatic hydroxyl groups excluding tert-OH is 1. The lowest BCUT2D eigenvalue weighted by Gasteiger charge is -2.27. The van der Waals surface area contributed by atoms with Crippen molar-refractivity contribution in [2.45, 2.75) is 64.0 Å². The van der Waals surface area contributed by atoms with Crippen molar-refractivity contribution >= 4 is 5.91 Å². The van der Waals surface area contributed by atoms with Crippen LogP contribution in [-0.2, 0) is 4.79 Å². The van der Waals surface area contributed by atoms with Crippen LogP contribution in [0.4, 0.5) is 0 Å². The van der Waals surface area contributed by atoms with Crippen molar-refractivity contribution in [2.24, 2.45) is 11.7 Å². The number of hydrogen-bond donors (Lipinski definition) is 3. The second-order valence-corrected chi connectivity index (χ2v) is 5.29. The fourth-order valence-corrected chi connectivity index (χ4v) is 2.34. The lowest BCUT2D eigenvalue weighted by Crippen LogP contribution is -2.36. The van der Waals surface area contributed by atoms with Gasteiger partial charge in [-0.05, 0) is 32.6 Å². The predicted molar refractivity (Wildman–Crippen MR) is 68.5 cm³/mol. The molecule has 3 unspecified atom stereocenters. The largest absolute Gasteiger partial charge is 0.393 e. The van der Waals surface area contributed by atoms with E-state index in [9.17, 15) is 9.90 Å². The minimum absolute atomic E-state index is 0.0865. The lowest BCUT2D eigenvalue weighted by atomic mass is 9.86. The number of aliphatic hydroxyl groups is 1. The van der Waals surface area contributed by atoms with Crippen LogP contribution in [0.15, 0.2) is 0 Å². The second kappa shape index (κ2) is 7.67. The molecule has 1 fully saturated rings. The highest BCUT2D eigenvalue weighted by Gasteiger charge is 2.23. The highest BCUT2D eigenvalue weighted by Crippen LogP contribution is 2.23. The second-order valence-electron chi connectivity index (χ2n) is 5.29. The van der Waals surface area contributed by atoms with Crippen molar-refractivity contribution in [1.29, 1.82) is 0 Å². The SMILES string of the molecule is CC(N)CCCC(=O)NCC1CCCCC1O. The van der Waals surface area contributed by atoms with Crippen LogP contribution < -0.4 is 11.1 Å². The molecular weight excluding hydrogens is 216 g/mol. The van der Waals surface area contributed by atoms with E-state index in [2.05, 4.69) is 5.32 Å². The smallest absolute Gasteiger partial charge is 0.220 e. The van der Waals surface area contributed by atoms with E-state index in [1.165, 1.54) is 6.42 Å². The summed E-state index contributed by atoms with van der Waals surface area (Å²) in [6.45, 7) is 2.58. The van der Waals surface area contributed by atoms with Crippen molar-refractivity contribution in [2.75, 3.05) is 6.54 Å². The van der Waals surface area contributed by atoms with Crippen LogP contribution >= 0.6 is 0 Å². The summed E-state index contributed by atoms with van der Waals surface area (Å²) in [5, 5.41) is 12.7. The van der Waals surface area contributed by atoms with Crippen LogP contribution in [0.1, 0.15) is 51.9 Å². The molecule has 1 amide bonds. The molecule has 0 bridgehead atoms. The highest BCUT2D eigenvalue weighted by atomic mass is 16.3. The van der Waals surface area contributed by atoms with Crippen molar-refractivity contribution in [3.05, 3.63) is 0 Å². The molecular formula is C13H26N2O2. The van der Waals surface area contributed by atoms with Gasteiger partial charge in [-0.2, -0.15) is 0 Å². The number of amides is 1. The Morgan fingerprint density at radius 3 is 2.82 bits per heavy atom. The summed E-state index contributed by atoms with van der Waals surface area (Å²) in [6.07, 6.45) is 6.24. The zero-order valence-corrected chi connectivity index (χ0v) is 10.8. The fraction of sp³-hybridized carbons (Fsp3) is 0.923. The number of carbonyl (C=O) groups excluding carboxylic acids is 1. The summed E-state index contributed by atoms with van der Waals surface area (Å²) in [6, 6.07) is 0.169. The van der Waals surface area contributed by atoms with E-state index in [1.807, 2.05) is 6.92 Å². The van der Waals surface area contributed by atoms with Gasteiger partial charge in [-0.3, -0.25) is 4.79 Å². The Kier molecular flexibility index (Phi) is 6.52. The zero-order valence-electron chi connectivity index (χ0n) is 10.8. The molecule has 0 radical (unpaired) electrons. The third-order valence-corrected chi connectivity index (χ3v) is 3.49. The Hall–Kier alpha value is -0.610. The molecule has 1 saturated carbocycles. The summed E-state index contributed by atoms with van der Waals surface area (Å²) in [7, 11) is 0. The van der Waals surface area contributed by atoms with Gasteiger partial charge in [0.05, 0.1) is 6.10 Å². The highest BCUT2D eigenvalue weighted by molar-refractivity contribution is 5.75. The van der Waals surface area contributed by atoms with Gasteiger partial charge in [0.2, 0.25) is 5.91 Å². The number of nitrogens with one attached hydrogen (secondary N) is 1. The molecule has 0 heterocycles. The van der Waals surface area contributed by atoms with Gasteiger partial charge in [0.1, 0.15) is 0 Å². The molecule has 1 aliphatic carbocycles. The number of rotatable bonds is 6. The predicted octanol–water partition coefficient (Wildman–Crippen LogP) is 1.17. The molecule has 1 aliphatic rings. The molecule has 4 nitrogen and oxygen atoms in total. The number of hydrogen-bond acceptors (Lipinski definition) is 3. The Balaban J connectivity index is 2.10. The van der Waals surface area contributed by atoms with Gasteiger partial charge in [0.25, 0.3) is 0 Å². The van der Waals surface area contributed by atoms with Gasteiger partial charge in [-0.1, -0.05) is 12.8 Å². The summed E-state index contributed by atoms with van der Waals surface area (Å²) in [5.41, 5.74) is 5.62. The van der Waals surface area contributed by atoms with E-state index in [1.54, 1.807) is 0 Å². The van der Waals surface area contributed by atoms with Crippen molar-refractivity contribution in [3.8, 4) is 0 Å². The minimum Gasteiger partial charge on any atom is -0.393 e. The Bertz CT molecular complexity index is 231. The van der Waals surface area contributed by atoms with E-state index < -0.39 is 0 Å². The number of carbonyl (C=O) groups is 1. The Labute approximate surface area is 104 Å². The molecule has 4 heteroatoms. The van der Waals surface area contributed by atoms with Crippen LogP contribution in [0.25, 0.3) is 0 Å². The van der Waals surface area contributed by atoms with Gasteiger partial charge >= 0.3 is 0 Å². The Morgan fingerprint density at radius 2 is 2.18 bits per heavy atom. The standard InChI is InChI=1S/C13H26N2O2/c1-10(14)5-4-8-13(17)15-9-11-6-2-3-7-12(11)16/h10-12,16H,2-9,14H2,1H3,(H,15,17). The van der Waals surface area contributed by atoms with E-state index in [-0.39, 0.29) is 24.0 Å². The van der Waals surface area contributed by atoms with Crippen LogP contribution in [-0.4, -0.2) is 29.7 Å². The van der Waals surface area contributed by atoms with Crippen molar-refractivity contribution in [3.63, 3.8) is 0 Å². The van der Waals surface area contributed by atoms with Crippen LogP contribution in [0.5, 0.6) is 0 Å². The molecule has 3 atom stereocenters. The maximum Gasteiger partial charge on any atom is 0.220 e. The minimum atomic E-state index is -0.229. The molecule has 0 aromatic heterocycles. The van der Waals surface area contributed by atoms with Gasteiger partial charge < -0.3 is 16.2 Å². The molecule has 0 spiro atoms. The van der Waals surface area contributed by atoms with Crippen LogP contribution in [0.3, 0.4) is 0 Å². The molecule has 17 heavy (non-hydrogen) atoms. The van der Waals surface area contributed by atoms with Gasteiger partial charge in [0, 0.05) is 24.9 Å². The lowest BCUT2D eigenvalue weighted by molar-refractivity contribution is -0.121. The van der Waals surface area contributed by atoms with Crippen molar-refractivity contribution in [1.82, 2.24) is 5.32 Å². The van der Waals surface area contributed by atoms with Gasteiger partial charge in [-0.25, -0.2) is 0 Å². The first-order chi connectivity index (χ1) is 8.09. The normalized spacial score (nSPS) is 26.5. The van der Waals surface area contributed by atoms with E-state index in [0.29, 0.717) is 13.0 Å². The summed E-state index contributed by atoms with van der Waals surface area (Å²) in [4.78, 5) is 11.5.